The Hall–Kier alpha value is -3.74. The zero-order chi connectivity index (χ0) is 26.6. The van der Waals surface area contributed by atoms with Crippen LogP contribution in [0.4, 0.5) is 0 Å². The molecule has 194 valence electrons. The first kappa shape index (κ1) is 27.8. The van der Waals surface area contributed by atoms with E-state index in [2.05, 4.69) is 4.90 Å². The third-order valence-electron chi connectivity index (χ3n) is 6.44. The van der Waals surface area contributed by atoms with Crippen molar-refractivity contribution in [3.63, 3.8) is 0 Å². The maximum atomic E-state index is 13.0. The number of methoxy groups -OCH3 is 2. The summed E-state index contributed by atoms with van der Waals surface area (Å²) in [6, 6.07) is 29.5. The third kappa shape index (κ3) is 8.13. The van der Waals surface area contributed by atoms with Crippen LogP contribution in [0.3, 0.4) is 0 Å². The van der Waals surface area contributed by atoms with E-state index in [1.807, 2.05) is 91.0 Å². The van der Waals surface area contributed by atoms with Gasteiger partial charge in [-0.2, -0.15) is 0 Å². The first-order valence-electron chi connectivity index (χ1n) is 12.3. The van der Waals surface area contributed by atoms with Crippen LogP contribution in [0.2, 0.25) is 0 Å². The van der Waals surface area contributed by atoms with Crippen molar-refractivity contribution in [3.8, 4) is 0 Å². The first-order valence-corrected chi connectivity index (χ1v) is 12.3. The number of aliphatic hydroxyl groups is 1. The average Bonchev–Trinajstić information content (AvgIpc) is 2.93. The van der Waals surface area contributed by atoms with Crippen molar-refractivity contribution in [1.82, 2.24) is 4.90 Å². The fraction of sp³-hybridized carbons (Fsp3) is 0.290. The minimum Gasteiger partial charge on any atom is -0.468 e. The Balaban J connectivity index is 2.07. The van der Waals surface area contributed by atoms with Gasteiger partial charge in [-0.3, -0.25) is 9.69 Å². The Bertz CT molecular complexity index is 1110. The van der Waals surface area contributed by atoms with Gasteiger partial charge in [0.15, 0.2) is 0 Å². The smallest absolute Gasteiger partial charge is 0.330 e. The van der Waals surface area contributed by atoms with Gasteiger partial charge >= 0.3 is 11.9 Å². The molecule has 3 atom stereocenters. The molecule has 0 aliphatic rings. The fourth-order valence-electron chi connectivity index (χ4n) is 4.53. The zero-order valence-electron chi connectivity index (χ0n) is 21.6. The molecule has 6 heteroatoms. The molecule has 0 amide bonds. The van der Waals surface area contributed by atoms with Gasteiger partial charge in [0.25, 0.3) is 0 Å². The quantitative estimate of drug-likeness (QED) is 0.289. The Kier molecular flexibility index (Phi) is 10.6. The number of nitrogens with zero attached hydrogens (tertiary/aromatic N) is 1. The molecule has 0 saturated carbocycles. The van der Waals surface area contributed by atoms with Crippen molar-refractivity contribution in [1.29, 1.82) is 0 Å². The molecular formula is C31H35NO5. The van der Waals surface area contributed by atoms with Gasteiger partial charge in [0.05, 0.1) is 20.3 Å². The van der Waals surface area contributed by atoms with Crippen LogP contribution in [0.25, 0.3) is 0 Å². The van der Waals surface area contributed by atoms with Gasteiger partial charge in [0.1, 0.15) is 5.92 Å². The van der Waals surface area contributed by atoms with Gasteiger partial charge in [-0.1, -0.05) is 91.0 Å². The summed E-state index contributed by atoms with van der Waals surface area (Å²) in [5.41, 5.74) is 3.57. The van der Waals surface area contributed by atoms with E-state index in [0.717, 1.165) is 16.7 Å². The summed E-state index contributed by atoms with van der Waals surface area (Å²) < 4.78 is 9.84. The summed E-state index contributed by atoms with van der Waals surface area (Å²) in [5.74, 6) is -2.25. The van der Waals surface area contributed by atoms with Crippen molar-refractivity contribution in [2.75, 3.05) is 14.2 Å². The molecule has 0 spiro atoms. The molecule has 0 fully saturated rings. The van der Waals surface area contributed by atoms with Crippen LogP contribution in [0.5, 0.6) is 0 Å². The number of ether oxygens (including phenoxy) is 2. The van der Waals surface area contributed by atoms with Gasteiger partial charge in [0.2, 0.25) is 0 Å². The molecule has 0 bridgehead atoms. The van der Waals surface area contributed by atoms with Crippen LogP contribution in [0.1, 0.15) is 23.6 Å². The lowest BCUT2D eigenvalue weighted by atomic mass is 9.85. The molecule has 0 heterocycles. The van der Waals surface area contributed by atoms with Gasteiger partial charge < -0.3 is 14.6 Å². The SMILES string of the molecule is COC(=O)/C=C(\C)[C@H](C(=O)OC)[C@@H](O)[C@H](Cc1ccccc1)N(Cc1ccccc1)Cc1ccccc1. The van der Waals surface area contributed by atoms with E-state index >= 15 is 0 Å². The number of rotatable bonds is 12. The molecular weight excluding hydrogens is 466 g/mol. The van der Waals surface area contributed by atoms with Gasteiger partial charge in [-0.05, 0) is 35.6 Å². The summed E-state index contributed by atoms with van der Waals surface area (Å²) in [6.45, 7) is 2.75. The number of hydrogen-bond donors (Lipinski definition) is 1. The topological polar surface area (TPSA) is 76.1 Å². The molecule has 3 aromatic carbocycles. The Morgan fingerprint density at radius 2 is 1.24 bits per heavy atom. The van der Waals surface area contributed by atoms with Crippen molar-refractivity contribution in [2.45, 2.75) is 38.6 Å². The normalized spacial score (nSPS) is 14.0. The summed E-state index contributed by atoms with van der Waals surface area (Å²) in [7, 11) is 2.56. The first-order chi connectivity index (χ1) is 17.9. The van der Waals surface area contributed by atoms with Gasteiger partial charge in [-0.25, -0.2) is 4.79 Å². The van der Waals surface area contributed by atoms with E-state index in [1.165, 1.54) is 20.3 Å². The van der Waals surface area contributed by atoms with Gasteiger partial charge in [-0.15, -0.1) is 0 Å². The Labute approximate surface area is 219 Å². The molecule has 37 heavy (non-hydrogen) atoms. The lowest BCUT2D eigenvalue weighted by Crippen LogP contribution is -2.50. The van der Waals surface area contributed by atoms with E-state index in [1.54, 1.807) is 6.92 Å². The lowest BCUT2D eigenvalue weighted by molar-refractivity contribution is -0.149. The standard InChI is InChI=1S/C31H35NO5/c1-23(19-28(33)36-2)29(31(35)37-3)30(34)27(20-24-13-7-4-8-14-24)32(21-25-15-9-5-10-16-25)22-26-17-11-6-12-18-26/h4-19,27,29-30,34H,20-22H2,1-3H3/b23-19+/t27-,29-,30-/m0/s1. The highest BCUT2D eigenvalue weighted by Crippen LogP contribution is 2.27. The zero-order valence-corrected chi connectivity index (χ0v) is 21.6. The monoisotopic (exact) mass is 501 g/mol. The van der Waals surface area contributed by atoms with Crippen LogP contribution in [-0.4, -0.2) is 48.3 Å². The summed E-state index contributed by atoms with van der Waals surface area (Å²) >= 11 is 0. The fourth-order valence-corrected chi connectivity index (χ4v) is 4.53. The summed E-state index contributed by atoms with van der Waals surface area (Å²) in [5, 5.41) is 11.9. The Morgan fingerprint density at radius 3 is 1.68 bits per heavy atom. The van der Waals surface area contributed by atoms with Crippen molar-refractivity contribution in [2.24, 2.45) is 5.92 Å². The largest absolute Gasteiger partial charge is 0.468 e. The second kappa shape index (κ2) is 14.1. The highest BCUT2D eigenvalue weighted by molar-refractivity contribution is 5.85. The number of carbonyl (C=O) groups is 2. The third-order valence-corrected chi connectivity index (χ3v) is 6.44. The van der Waals surface area contributed by atoms with Crippen LogP contribution >= 0.6 is 0 Å². The van der Waals surface area contributed by atoms with E-state index in [0.29, 0.717) is 25.1 Å². The molecule has 3 rings (SSSR count). The molecule has 0 saturated heterocycles. The van der Waals surface area contributed by atoms with Crippen molar-refractivity contribution < 1.29 is 24.2 Å². The maximum Gasteiger partial charge on any atom is 0.330 e. The highest BCUT2D eigenvalue weighted by Gasteiger charge is 2.38. The molecule has 1 N–H and O–H groups in total. The van der Waals surface area contributed by atoms with E-state index in [-0.39, 0.29) is 0 Å². The maximum absolute atomic E-state index is 13.0. The van der Waals surface area contributed by atoms with Crippen molar-refractivity contribution >= 4 is 11.9 Å². The van der Waals surface area contributed by atoms with Crippen LogP contribution < -0.4 is 0 Å². The number of benzene rings is 3. The van der Waals surface area contributed by atoms with Crippen LogP contribution in [0.15, 0.2) is 103 Å². The predicted molar refractivity (Wildman–Crippen MR) is 143 cm³/mol. The van der Waals surface area contributed by atoms with Crippen LogP contribution in [0, 0.1) is 5.92 Å². The molecule has 0 radical (unpaired) electrons. The lowest BCUT2D eigenvalue weighted by Gasteiger charge is -2.38. The number of hydrogen-bond acceptors (Lipinski definition) is 6. The number of aliphatic hydroxyl groups excluding tert-OH is 1. The van der Waals surface area contributed by atoms with E-state index in [9.17, 15) is 14.7 Å². The Morgan fingerprint density at radius 1 is 0.784 bits per heavy atom. The molecule has 6 nitrogen and oxygen atoms in total. The summed E-state index contributed by atoms with van der Waals surface area (Å²) in [6.07, 6.45) is 0.560. The molecule has 0 unspecified atom stereocenters. The molecule has 0 aliphatic heterocycles. The minimum absolute atomic E-state index is 0.378. The highest BCUT2D eigenvalue weighted by atomic mass is 16.5. The molecule has 3 aromatic rings. The van der Waals surface area contributed by atoms with Crippen LogP contribution in [-0.2, 0) is 38.6 Å². The molecule has 0 aliphatic carbocycles. The number of carbonyl (C=O) groups excluding carboxylic acids is 2. The summed E-state index contributed by atoms with van der Waals surface area (Å²) in [4.78, 5) is 27.1. The molecule has 0 aromatic heterocycles. The second-order valence-corrected chi connectivity index (χ2v) is 9.04. The minimum atomic E-state index is -1.17. The van der Waals surface area contributed by atoms with E-state index < -0.39 is 30.0 Å². The predicted octanol–water partition coefficient (Wildman–Crippen LogP) is 4.57. The average molecular weight is 502 g/mol. The second-order valence-electron chi connectivity index (χ2n) is 9.04. The number of esters is 2. The van der Waals surface area contributed by atoms with Crippen molar-refractivity contribution in [3.05, 3.63) is 119 Å². The van der Waals surface area contributed by atoms with Gasteiger partial charge in [0, 0.05) is 25.2 Å². The van der Waals surface area contributed by atoms with E-state index in [4.69, 9.17) is 9.47 Å².